The van der Waals surface area contributed by atoms with E-state index in [-0.39, 0.29) is 23.5 Å². The molecular weight excluding hydrogens is 330 g/mol. The number of hydrogen-bond donors (Lipinski definition) is 1. The summed E-state index contributed by atoms with van der Waals surface area (Å²) in [5, 5.41) is 7.51. The highest BCUT2D eigenvalue weighted by Gasteiger charge is 2.33. The third-order valence-corrected chi connectivity index (χ3v) is 4.41. The van der Waals surface area contributed by atoms with Crippen molar-refractivity contribution in [3.05, 3.63) is 35.5 Å². The Morgan fingerprint density at radius 3 is 2.62 bits per heavy atom. The molecule has 1 aromatic carbocycles. The molecule has 1 aromatic heterocycles. The Labute approximate surface area is 154 Å². The van der Waals surface area contributed by atoms with Crippen LogP contribution in [0.15, 0.2) is 24.4 Å². The maximum absolute atomic E-state index is 12.3. The molecule has 0 saturated heterocycles. The Morgan fingerprint density at radius 2 is 2.00 bits per heavy atom. The lowest BCUT2D eigenvalue weighted by Crippen LogP contribution is -2.30. The lowest BCUT2D eigenvalue weighted by atomic mass is 9.87. The molecule has 1 amide bonds. The molecule has 0 spiro atoms. The van der Waals surface area contributed by atoms with Crippen LogP contribution in [0.3, 0.4) is 0 Å². The fourth-order valence-electron chi connectivity index (χ4n) is 3.28. The van der Waals surface area contributed by atoms with Gasteiger partial charge in [-0.15, -0.1) is 0 Å². The molecule has 0 aliphatic carbocycles. The number of benzene rings is 1. The first-order chi connectivity index (χ1) is 12.2. The van der Waals surface area contributed by atoms with Crippen LogP contribution in [0.5, 0.6) is 11.5 Å². The highest BCUT2D eigenvalue weighted by molar-refractivity contribution is 5.94. The van der Waals surface area contributed by atoms with Crippen molar-refractivity contribution >= 4 is 11.7 Å². The van der Waals surface area contributed by atoms with Gasteiger partial charge in [0.1, 0.15) is 5.82 Å². The van der Waals surface area contributed by atoms with E-state index >= 15 is 0 Å². The summed E-state index contributed by atoms with van der Waals surface area (Å²) in [6.07, 6.45) is 2.30. The number of carbonyl (C=O) groups excluding carboxylic acids is 1. The molecule has 26 heavy (non-hydrogen) atoms. The summed E-state index contributed by atoms with van der Waals surface area (Å²) in [5.41, 5.74) is 1.83. The Bertz CT molecular complexity index is 818. The number of ether oxygens (including phenoxy) is 2. The van der Waals surface area contributed by atoms with E-state index in [0.29, 0.717) is 17.9 Å². The largest absolute Gasteiger partial charge is 0.493 e. The van der Waals surface area contributed by atoms with Gasteiger partial charge in [-0.25, -0.2) is 4.68 Å². The summed E-state index contributed by atoms with van der Waals surface area (Å²) >= 11 is 0. The van der Waals surface area contributed by atoms with Crippen LogP contribution >= 0.6 is 0 Å². The normalized spacial score (nSPS) is 17.0. The second-order valence-corrected chi connectivity index (χ2v) is 7.91. The van der Waals surface area contributed by atoms with E-state index in [1.165, 1.54) is 0 Å². The Kier molecular flexibility index (Phi) is 4.69. The second kappa shape index (κ2) is 6.67. The number of amides is 1. The molecule has 1 N–H and O–H groups in total. The molecule has 0 unspecified atom stereocenters. The quantitative estimate of drug-likeness (QED) is 0.901. The van der Waals surface area contributed by atoms with Crippen molar-refractivity contribution in [1.82, 2.24) is 9.78 Å². The van der Waals surface area contributed by atoms with Gasteiger partial charge in [-0.2, -0.15) is 5.10 Å². The molecule has 2 aromatic rings. The molecule has 0 fully saturated rings. The van der Waals surface area contributed by atoms with Gasteiger partial charge in [0.25, 0.3) is 0 Å². The zero-order valence-electron chi connectivity index (χ0n) is 16.3. The first-order valence-corrected chi connectivity index (χ1v) is 8.93. The fraction of sp³-hybridized carbons (Fsp3) is 0.500. The van der Waals surface area contributed by atoms with Gasteiger partial charge in [-0.3, -0.25) is 4.79 Å². The van der Waals surface area contributed by atoms with E-state index in [1.807, 2.05) is 42.9 Å². The minimum absolute atomic E-state index is 0.00465. The minimum Gasteiger partial charge on any atom is -0.493 e. The summed E-state index contributed by atoms with van der Waals surface area (Å²) in [6.45, 7) is 10.2. The number of aromatic nitrogens is 2. The maximum Gasteiger partial charge on any atom is 0.226 e. The zero-order valence-corrected chi connectivity index (χ0v) is 16.3. The van der Waals surface area contributed by atoms with Crippen LogP contribution in [-0.4, -0.2) is 28.9 Å². The number of nitrogens with one attached hydrogen (secondary N) is 1. The van der Waals surface area contributed by atoms with Gasteiger partial charge in [0, 0.05) is 17.9 Å². The SMILES string of the molecule is COc1cc([C@@H]2CC(=O)Nc3c2cnn3C(C)(C)C)ccc1OC(C)C. The lowest BCUT2D eigenvalue weighted by molar-refractivity contribution is -0.116. The third kappa shape index (κ3) is 3.41. The molecule has 0 radical (unpaired) electrons. The van der Waals surface area contributed by atoms with Crippen molar-refractivity contribution in [2.24, 2.45) is 0 Å². The van der Waals surface area contributed by atoms with Gasteiger partial charge >= 0.3 is 0 Å². The molecule has 6 heteroatoms. The Morgan fingerprint density at radius 1 is 1.27 bits per heavy atom. The molecule has 1 aliphatic rings. The molecule has 6 nitrogen and oxygen atoms in total. The number of carbonyl (C=O) groups is 1. The molecule has 1 atom stereocenters. The van der Waals surface area contributed by atoms with Crippen molar-refractivity contribution in [2.45, 2.75) is 58.6 Å². The van der Waals surface area contributed by atoms with E-state index in [4.69, 9.17) is 9.47 Å². The predicted octanol–water partition coefficient (Wildman–Crippen LogP) is 3.91. The highest BCUT2D eigenvalue weighted by atomic mass is 16.5. The van der Waals surface area contributed by atoms with E-state index in [2.05, 4.69) is 31.2 Å². The third-order valence-electron chi connectivity index (χ3n) is 4.41. The van der Waals surface area contributed by atoms with Gasteiger partial charge in [0.2, 0.25) is 5.91 Å². The minimum atomic E-state index is -0.213. The summed E-state index contributed by atoms with van der Waals surface area (Å²) in [7, 11) is 1.63. The van der Waals surface area contributed by atoms with Gasteiger partial charge in [-0.05, 0) is 52.3 Å². The van der Waals surface area contributed by atoms with Crippen molar-refractivity contribution in [1.29, 1.82) is 0 Å². The molecule has 0 bridgehead atoms. The number of methoxy groups -OCH3 is 1. The van der Waals surface area contributed by atoms with Crippen molar-refractivity contribution in [2.75, 3.05) is 12.4 Å². The van der Waals surface area contributed by atoms with Gasteiger partial charge in [0.05, 0.1) is 24.9 Å². The Balaban J connectivity index is 2.03. The number of hydrogen-bond acceptors (Lipinski definition) is 4. The van der Waals surface area contributed by atoms with E-state index < -0.39 is 0 Å². The van der Waals surface area contributed by atoms with Gasteiger partial charge in [-0.1, -0.05) is 6.07 Å². The summed E-state index contributed by atoms with van der Waals surface area (Å²) < 4.78 is 13.2. The van der Waals surface area contributed by atoms with E-state index in [1.54, 1.807) is 7.11 Å². The first kappa shape index (κ1) is 18.3. The van der Waals surface area contributed by atoms with Gasteiger partial charge in [0.15, 0.2) is 11.5 Å². The molecule has 140 valence electrons. The summed E-state index contributed by atoms with van der Waals surface area (Å²) in [6, 6.07) is 5.87. The number of anilines is 1. The summed E-state index contributed by atoms with van der Waals surface area (Å²) in [4.78, 5) is 12.3. The fourth-order valence-corrected chi connectivity index (χ4v) is 3.28. The van der Waals surface area contributed by atoms with Crippen LogP contribution in [0.1, 0.15) is 58.1 Å². The van der Waals surface area contributed by atoms with Crippen LogP contribution in [0.4, 0.5) is 5.82 Å². The van der Waals surface area contributed by atoms with Crippen molar-refractivity contribution < 1.29 is 14.3 Å². The highest BCUT2D eigenvalue weighted by Crippen LogP contribution is 2.41. The zero-order chi connectivity index (χ0) is 19.1. The topological polar surface area (TPSA) is 65.4 Å². The van der Waals surface area contributed by atoms with Crippen LogP contribution in [-0.2, 0) is 10.3 Å². The van der Waals surface area contributed by atoms with Crippen molar-refractivity contribution in [3.63, 3.8) is 0 Å². The number of nitrogens with zero attached hydrogens (tertiary/aromatic N) is 2. The van der Waals surface area contributed by atoms with Crippen LogP contribution in [0.25, 0.3) is 0 Å². The molecule has 3 rings (SSSR count). The predicted molar refractivity (Wildman–Crippen MR) is 101 cm³/mol. The maximum atomic E-state index is 12.3. The first-order valence-electron chi connectivity index (χ1n) is 8.93. The molecular formula is C20H27N3O3. The molecule has 0 saturated carbocycles. The lowest BCUT2D eigenvalue weighted by Gasteiger charge is -2.28. The van der Waals surface area contributed by atoms with E-state index in [9.17, 15) is 4.79 Å². The van der Waals surface area contributed by atoms with Crippen LogP contribution in [0, 0.1) is 0 Å². The Hall–Kier alpha value is -2.50. The summed E-state index contributed by atoms with van der Waals surface area (Å²) in [5.74, 6) is 2.09. The molecule has 2 heterocycles. The smallest absolute Gasteiger partial charge is 0.226 e. The standard InChI is InChI=1S/C20H27N3O3/c1-12(2)26-16-8-7-13(9-17(16)25-6)14-10-18(24)22-19-15(14)11-21-23(19)20(3,4)5/h7-9,11-12,14H,10H2,1-6H3,(H,22,24)/t14-/m0/s1. The van der Waals surface area contributed by atoms with Crippen molar-refractivity contribution in [3.8, 4) is 11.5 Å². The molecule has 1 aliphatic heterocycles. The van der Waals surface area contributed by atoms with Gasteiger partial charge < -0.3 is 14.8 Å². The average molecular weight is 357 g/mol. The second-order valence-electron chi connectivity index (χ2n) is 7.91. The number of rotatable bonds is 4. The average Bonchev–Trinajstić information content (AvgIpc) is 2.97. The van der Waals surface area contributed by atoms with E-state index in [0.717, 1.165) is 16.9 Å². The van der Waals surface area contributed by atoms with Crippen LogP contribution < -0.4 is 14.8 Å². The monoisotopic (exact) mass is 357 g/mol. The number of fused-ring (bicyclic) bond motifs is 1. The van der Waals surface area contributed by atoms with Crippen LogP contribution in [0.2, 0.25) is 0 Å².